The number of carbonyl (C=O) groups is 2. The van der Waals surface area contributed by atoms with Crippen molar-refractivity contribution in [1.29, 1.82) is 0 Å². The van der Waals surface area contributed by atoms with Crippen LogP contribution in [0.15, 0.2) is 9.59 Å². The fraction of sp³-hybridized carbons (Fsp3) is 0.630. The minimum atomic E-state index is -0.996. The van der Waals surface area contributed by atoms with E-state index in [1.54, 1.807) is 53.5 Å². The van der Waals surface area contributed by atoms with Crippen LogP contribution in [0.4, 0.5) is 25.4 Å². The monoisotopic (exact) mass is 596 g/mol. The van der Waals surface area contributed by atoms with E-state index in [2.05, 4.69) is 0 Å². The van der Waals surface area contributed by atoms with Crippen molar-refractivity contribution in [3.05, 3.63) is 31.7 Å². The maximum Gasteiger partial charge on any atom is 0.429 e. The Morgan fingerprint density at radius 3 is 2.10 bits per heavy atom. The van der Waals surface area contributed by atoms with E-state index in [0.717, 1.165) is 5.01 Å². The highest BCUT2D eigenvalue weighted by Crippen LogP contribution is 2.44. The van der Waals surface area contributed by atoms with Gasteiger partial charge in [0.1, 0.15) is 11.2 Å². The molecule has 4 rings (SSSR count). The Kier molecular flexibility index (Phi) is 7.74. The molecule has 2 heterocycles. The number of likely N-dealkylation sites (N-methyl/N-ethyl adjacent to an activating group) is 1. The molecular formula is C27H38ClFN6O6. The molecule has 2 N–H and O–H groups in total. The fourth-order valence-electron chi connectivity index (χ4n) is 4.88. The van der Waals surface area contributed by atoms with Crippen LogP contribution >= 0.6 is 11.6 Å². The van der Waals surface area contributed by atoms with Gasteiger partial charge in [0.2, 0.25) is 0 Å². The summed E-state index contributed by atoms with van der Waals surface area (Å²) in [4.78, 5) is 55.9. The third-order valence-electron chi connectivity index (χ3n) is 6.98. The molecule has 1 unspecified atom stereocenters. The lowest BCUT2D eigenvalue weighted by Crippen LogP contribution is -2.54. The fourth-order valence-corrected chi connectivity index (χ4v) is 5.27. The number of ether oxygens (including phenoxy) is 2. The molecule has 1 aliphatic carbocycles. The summed E-state index contributed by atoms with van der Waals surface area (Å²) in [5, 5.41) is 0.311. The summed E-state index contributed by atoms with van der Waals surface area (Å²) in [6.07, 6.45) is 0.294. The molecule has 1 saturated carbocycles. The van der Waals surface area contributed by atoms with Gasteiger partial charge in [0.15, 0.2) is 5.82 Å². The second-order valence-electron chi connectivity index (χ2n) is 12.6. The Morgan fingerprint density at radius 2 is 1.56 bits per heavy atom. The van der Waals surface area contributed by atoms with E-state index in [4.69, 9.17) is 26.8 Å². The van der Waals surface area contributed by atoms with Crippen LogP contribution in [-0.4, -0.2) is 70.8 Å². The molecule has 2 aromatic rings. The van der Waals surface area contributed by atoms with Crippen LogP contribution in [-0.2, 0) is 9.47 Å². The van der Waals surface area contributed by atoms with Crippen LogP contribution in [0.1, 0.15) is 66.8 Å². The molecule has 1 aromatic carbocycles. The standard InChI is InChI=1S/C27H38ClFN6O6/c1-26(2,3)40-24(38)31(7)15-11-12-33(13-15)21-17(28)20-16(19(30)18(21)29)22(36)35(23(37)34(20)14-9-10-14)32(8)25(39)41-27(4,5)6/h14-15H,9-13,30H2,1-8H3. The number of benzene rings is 1. The number of fused-ring (bicyclic) bond motifs is 1. The maximum absolute atomic E-state index is 16.0. The molecule has 2 fully saturated rings. The number of rotatable bonds is 4. The molecule has 1 atom stereocenters. The van der Waals surface area contributed by atoms with Gasteiger partial charge in [0, 0.05) is 33.2 Å². The molecule has 1 aromatic heterocycles. The van der Waals surface area contributed by atoms with Crippen molar-refractivity contribution in [2.24, 2.45) is 0 Å². The first-order valence-corrected chi connectivity index (χ1v) is 13.9. The average molecular weight is 597 g/mol. The summed E-state index contributed by atoms with van der Waals surface area (Å²) in [7, 11) is 2.83. The van der Waals surface area contributed by atoms with Crippen LogP contribution < -0.4 is 26.9 Å². The zero-order valence-corrected chi connectivity index (χ0v) is 25.5. The molecule has 0 bridgehead atoms. The van der Waals surface area contributed by atoms with Crippen molar-refractivity contribution in [3.8, 4) is 0 Å². The van der Waals surface area contributed by atoms with Gasteiger partial charge in [0.25, 0.3) is 5.56 Å². The van der Waals surface area contributed by atoms with E-state index >= 15 is 4.39 Å². The molecule has 226 valence electrons. The SMILES string of the molecule is CN(C(=O)OC(C)(C)C)C1CCN(c2c(F)c(N)c3c(=O)n(N(C)C(=O)OC(C)(C)C)c(=O)n(C4CC4)c3c2Cl)C1. The molecule has 1 aliphatic heterocycles. The van der Waals surface area contributed by atoms with Crippen molar-refractivity contribution in [2.75, 3.05) is 42.8 Å². The number of hydrogen-bond acceptors (Lipinski definition) is 8. The number of anilines is 2. The molecule has 12 nitrogen and oxygen atoms in total. The summed E-state index contributed by atoms with van der Waals surface area (Å²) >= 11 is 6.82. The Morgan fingerprint density at radius 1 is 1.00 bits per heavy atom. The van der Waals surface area contributed by atoms with Crippen LogP contribution in [0, 0.1) is 5.82 Å². The van der Waals surface area contributed by atoms with E-state index in [-0.39, 0.29) is 40.2 Å². The number of nitrogens with two attached hydrogens (primary N) is 1. The van der Waals surface area contributed by atoms with E-state index in [0.29, 0.717) is 30.5 Å². The number of nitrogen functional groups attached to an aromatic ring is 1. The van der Waals surface area contributed by atoms with E-state index in [1.165, 1.54) is 16.5 Å². The zero-order valence-electron chi connectivity index (χ0n) is 24.7. The summed E-state index contributed by atoms with van der Waals surface area (Å²) < 4.78 is 28.7. The highest BCUT2D eigenvalue weighted by molar-refractivity contribution is 6.38. The lowest BCUT2D eigenvalue weighted by Gasteiger charge is -2.29. The van der Waals surface area contributed by atoms with Gasteiger partial charge in [-0.05, 0) is 60.8 Å². The summed E-state index contributed by atoms with van der Waals surface area (Å²) in [5.74, 6) is -0.923. The maximum atomic E-state index is 16.0. The van der Waals surface area contributed by atoms with Crippen molar-refractivity contribution in [2.45, 2.75) is 84.1 Å². The van der Waals surface area contributed by atoms with Gasteiger partial charge in [-0.15, -0.1) is 0 Å². The second kappa shape index (κ2) is 10.4. The Labute approximate surface area is 242 Å². The van der Waals surface area contributed by atoms with Gasteiger partial charge in [-0.1, -0.05) is 11.6 Å². The van der Waals surface area contributed by atoms with E-state index in [1.807, 2.05) is 0 Å². The summed E-state index contributed by atoms with van der Waals surface area (Å²) in [6.45, 7) is 10.8. The second-order valence-corrected chi connectivity index (χ2v) is 13.0. The Bertz CT molecular complexity index is 1520. The van der Waals surface area contributed by atoms with Gasteiger partial charge in [-0.2, -0.15) is 4.68 Å². The lowest BCUT2D eigenvalue weighted by atomic mass is 10.1. The van der Waals surface area contributed by atoms with E-state index < -0.39 is 46.1 Å². The van der Waals surface area contributed by atoms with Gasteiger partial charge in [0.05, 0.1) is 33.3 Å². The molecular weight excluding hydrogens is 559 g/mol. The first-order chi connectivity index (χ1) is 18.8. The number of nitrogens with zero attached hydrogens (tertiary/aromatic N) is 5. The van der Waals surface area contributed by atoms with Gasteiger partial charge in [-0.3, -0.25) is 9.36 Å². The van der Waals surface area contributed by atoms with Crippen LogP contribution in [0.25, 0.3) is 10.9 Å². The zero-order chi connectivity index (χ0) is 30.8. The first kappa shape index (κ1) is 30.5. The molecule has 2 aliphatic rings. The largest absolute Gasteiger partial charge is 0.444 e. The predicted octanol–water partition coefficient (Wildman–Crippen LogP) is 3.82. The topological polar surface area (TPSA) is 132 Å². The van der Waals surface area contributed by atoms with Crippen molar-refractivity contribution in [1.82, 2.24) is 14.1 Å². The third kappa shape index (κ3) is 5.81. The minimum Gasteiger partial charge on any atom is -0.444 e. The number of halogens is 2. The smallest absolute Gasteiger partial charge is 0.429 e. The molecule has 0 spiro atoms. The molecule has 14 heteroatoms. The third-order valence-corrected chi connectivity index (χ3v) is 7.34. The van der Waals surface area contributed by atoms with Crippen molar-refractivity contribution < 1.29 is 23.5 Å². The van der Waals surface area contributed by atoms with Crippen LogP contribution in [0.2, 0.25) is 5.02 Å². The summed E-state index contributed by atoms with van der Waals surface area (Å²) in [5.41, 5.74) is 2.33. The predicted molar refractivity (Wildman–Crippen MR) is 155 cm³/mol. The van der Waals surface area contributed by atoms with Gasteiger partial charge < -0.3 is 25.0 Å². The number of carbonyl (C=O) groups excluding carboxylic acids is 2. The number of amides is 2. The van der Waals surface area contributed by atoms with Crippen LogP contribution in [0.5, 0.6) is 0 Å². The van der Waals surface area contributed by atoms with E-state index in [9.17, 15) is 19.2 Å². The highest BCUT2D eigenvalue weighted by Gasteiger charge is 2.38. The molecule has 0 radical (unpaired) electrons. The van der Waals surface area contributed by atoms with Crippen molar-refractivity contribution >= 4 is 46.1 Å². The summed E-state index contributed by atoms with van der Waals surface area (Å²) in [6, 6.07) is -0.623. The Balaban J connectivity index is 1.82. The molecule has 2 amide bonds. The van der Waals surface area contributed by atoms with Crippen LogP contribution in [0.3, 0.4) is 0 Å². The first-order valence-electron chi connectivity index (χ1n) is 13.5. The molecule has 41 heavy (non-hydrogen) atoms. The normalized spacial score (nSPS) is 17.6. The molecule has 1 saturated heterocycles. The van der Waals surface area contributed by atoms with Gasteiger partial charge in [-0.25, -0.2) is 23.8 Å². The Hall–Kier alpha value is -3.48. The van der Waals surface area contributed by atoms with Gasteiger partial charge >= 0.3 is 17.9 Å². The average Bonchev–Trinajstić information content (AvgIpc) is 3.55. The van der Waals surface area contributed by atoms with Crippen molar-refractivity contribution in [3.63, 3.8) is 0 Å². The quantitative estimate of drug-likeness (QED) is 0.527. The minimum absolute atomic E-state index is 0.0100. The number of hydrogen-bond donors (Lipinski definition) is 1. The number of aromatic nitrogens is 2. The highest BCUT2D eigenvalue weighted by atomic mass is 35.5. The lowest BCUT2D eigenvalue weighted by molar-refractivity contribution is 0.0237.